The van der Waals surface area contributed by atoms with Crippen LogP contribution in [0.2, 0.25) is 0 Å². The lowest BCUT2D eigenvalue weighted by molar-refractivity contribution is 0.0948. The molecule has 0 radical (unpaired) electrons. The molecule has 0 aromatic carbocycles. The van der Waals surface area contributed by atoms with Crippen molar-refractivity contribution in [3.63, 3.8) is 0 Å². The van der Waals surface area contributed by atoms with E-state index in [1.807, 2.05) is 23.7 Å². The summed E-state index contributed by atoms with van der Waals surface area (Å²) >= 11 is 1.60. The number of thiazole rings is 1. The van der Waals surface area contributed by atoms with Crippen LogP contribution in [0.1, 0.15) is 40.8 Å². The molecule has 26 heavy (non-hydrogen) atoms. The number of H-pyrrole nitrogens is 1. The highest BCUT2D eigenvalue weighted by Gasteiger charge is 2.24. The van der Waals surface area contributed by atoms with E-state index in [-0.39, 0.29) is 5.91 Å². The highest BCUT2D eigenvalue weighted by Crippen LogP contribution is 2.26. The molecule has 0 fully saturated rings. The standard InChI is InChI=1S/C19H21N5OS/c1-12-4-5-16-15(9-12)17(24-23-16)18(25)21-8-6-14-11-26-19(22-14)13-3-2-7-20-10-13/h2-3,7,10-12H,4-6,8-9H2,1H3,(H,21,25)(H,23,24)/t12-/m1/s1. The average molecular weight is 367 g/mol. The number of carbonyl (C=O) groups excluding carboxylic acids is 1. The number of hydrogen-bond donors (Lipinski definition) is 2. The molecule has 3 aromatic rings. The minimum atomic E-state index is -0.0979. The molecule has 3 heterocycles. The highest BCUT2D eigenvalue weighted by atomic mass is 32.1. The Hall–Kier alpha value is -2.54. The molecule has 1 aliphatic carbocycles. The molecule has 7 heteroatoms. The van der Waals surface area contributed by atoms with Gasteiger partial charge in [-0.1, -0.05) is 6.92 Å². The van der Waals surface area contributed by atoms with Gasteiger partial charge in [-0.2, -0.15) is 5.10 Å². The molecule has 1 atom stereocenters. The van der Waals surface area contributed by atoms with Crippen LogP contribution < -0.4 is 5.32 Å². The van der Waals surface area contributed by atoms with Gasteiger partial charge in [-0.25, -0.2) is 4.98 Å². The Kier molecular flexibility index (Phi) is 4.79. The second-order valence-corrected chi connectivity index (χ2v) is 7.63. The number of aromatic nitrogens is 4. The number of aromatic amines is 1. The van der Waals surface area contributed by atoms with Gasteiger partial charge < -0.3 is 5.32 Å². The number of nitrogens with one attached hydrogen (secondary N) is 2. The molecule has 1 amide bonds. The molecular weight excluding hydrogens is 346 g/mol. The first-order chi connectivity index (χ1) is 12.7. The third-order valence-electron chi connectivity index (χ3n) is 4.73. The van der Waals surface area contributed by atoms with Gasteiger partial charge in [0.1, 0.15) is 5.01 Å². The van der Waals surface area contributed by atoms with Crippen LogP contribution in [0, 0.1) is 5.92 Å². The topological polar surface area (TPSA) is 83.6 Å². The second-order valence-electron chi connectivity index (χ2n) is 6.77. The van der Waals surface area contributed by atoms with E-state index < -0.39 is 0 Å². The van der Waals surface area contributed by atoms with E-state index >= 15 is 0 Å². The van der Waals surface area contributed by atoms with Gasteiger partial charge in [0.2, 0.25) is 0 Å². The lowest BCUT2D eigenvalue weighted by Crippen LogP contribution is -2.27. The Morgan fingerprint density at radius 2 is 2.38 bits per heavy atom. The van der Waals surface area contributed by atoms with Crippen molar-refractivity contribution in [1.82, 2.24) is 25.5 Å². The molecule has 4 rings (SSSR count). The van der Waals surface area contributed by atoms with Crippen LogP contribution >= 0.6 is 11.3 Å². The number of nitrogens with zero attached hydrogens (tertiary/aromatic N) is 3. The largest absolute Gasteiger partial charge is 0.350 e. The van der Waals surface area contributed by atoms with E-state index in [0.717, 1.165) is 46.8 Å². The summed E-state index contributed by atoms with van der Waals surface area (Å²) in [4.78, 5) is 21.2. The fourth-order valence-electron chi connectivity index (χ4n) is 3.29. The molecule has 6 nitrogen and oxygen atoms in total. The normalized spacial score (nSPS) is 16.3. The molecule has 1 aliphatic rings. The summed E-state index contributed by atoms with van der Waals surface area (Å²) in [5, 5.41) is 13.2. The van der Waals surface area contributed by atoms with Crippen molar-refractivity contribution >= 4 is 17.2 Å². The van der Waals surface area contributed by atoms with Crippen molar-refractivity contribution in [2.24, 2.45) is 5.92 Å². The van der Waals surface area contributed by atoms with E-state index in [0.29, 0.717) is 24.6 Å². The maximum Gasteiger partial charge on any atom is 0.272 e. The first-order valence-electron chi connectivity index (χ1n) is 8.90. The van der Waals surface area contributed by atoms with Gasteiger partial charge in [0.25, 0.3) is 5.91 Å². The smallest absolute Gasteiger partial charge is 0.272 e. The summed E-state index contributed by atoms with van der Waals surface area (Å²) < 4.78 is 0. The Morgan fingerprint density at radius 3 is 3.23 bits per heavy atom. The monoisotopic (exact) mass is 367 g/mol. The van der Waals surface area contributed by atoms with Gasteiger partial charge in [-0.05, 0) is 37.3 Å². The number of aryl methyl sites for hydroxylation is 1. The quantitative estimate of drug-likeness (QED) is 0.726. The lowest BCUT2D eigenvalue weighted by atomic mass is 9.87. The zero-order valence-corrected chi connectivity index (χ0v) is 15.5. The molecular formula is C19H21N5OS. The number of carbonyl (C=O) groups is 1. The summed E-state index contributed by atoms with van der Waals surface area (Å²) in [5.74, 6) is 0.506. The van der Waals surface area contributed by atoms with Gasteiger partial charge in [-0.15, -0.1) is 11.3 Å². The van der Waals surface area contributed by atoms with Crippen LogP contribution in [-0.4, -0.2) is 32.6 Å². The summed E-state index contributed by atoms with van der Waals surface area (Å²) in [6.45, 7) is 2.77. The van der Waals surface area contributed by atoms with Gasteiger partial charge in [0, 0.05) is 47.6 Å². The fourth-order valence-corrected chi connectivity index (χ4v) is 4.13. The first kappa shape index (κ1) is 16.9. The van der Waals surface area contributed by atoms with Gasteiger partial charge >= 0.3 is 0 Å². The molecule has 0 saturated heterocycles. The fraction of sp³-hybridized carbons (Fsp3) is 0.368. The zero-order valence-electron chi connectivity index (χ0n) is 14.7. The summed E-state index contributed by atoms with van der Waals surface area (Å²) in [5.41, 5.74) is 4.76. The minimum absolute atomic E-state index is 0.0979. The number of hydrogen-bond acceptors (Lipinski definition) is 5. The van der Waals surface area contributed by atoms with Crippen molar-refractivity contribution in [2.75, 3.05) is 6.54 Å². The van der Waals surface area contributed by atoms with Crippen molar-refractivity contribution < 1.29 is 4.79 Å². The molecule has 3 aromatic heterocycles. The summed E-state index contributed by atoms with van der Waals surface area (Å²) in [7, 11) is 0. The molecule has 2 N–H and O–H groups in total. The van der Waals surface area contributed by atoms with Crippen LogP contribution in [0.15, 0.2) is 29.9 Å². The summed E-state index contributed by atoms with van der Waals surface area (Å²) in [6, 6.07) is 3.90. The SMILES string of the molecule is C[C@@H]1CCc2[nH]nc(C(=O)NCCc3csc(-c4cccnc4)n3)c2C1. The first-order valence-corrected chi connectivity index (χ1v) is 9.78. The molecule has 0 spiro atoms. The Morgan fingerprint density at radius 1 is 1.46 bits per heavy atom. The van der Waals surface area contributed by atoms with Crippen LogP contribution in [0.3, 0.4) is 0 Å². The van der Waals surface area contributed by atoms with Crippen molar-refractivity contribution in [3.8, 4) is 10.6 Å². The number of amides is 1. The molecule has 0 aliphatic heterocycles. The van der Waals surface area contributed by atoms with Gasteiger partial charge in [0.05, 0.1) is 5.69 Å². The van der Waals surface area contributed by atoms with Crippen molar-refractivity contribution in [1.29, 1.82) is 0 Å². The number of rotatable bonds is 5. The van der Waals surface area contributed by atoms with E-state index in [2.05, 4.69) is 32.4 Å². The highest BCUT2D eigenvalue weighted by molar-refractivity contribution is 7.13. The van der Waals surface area contributed by atoms with Crippen LogP contribution in [0.4, 0.5) is 0 Å². The van der Waals surface area contributed by atoms with Crippen LogP contribution in [-0.2, 0) is 19.3 Å². The van der Waals surface area contributed by atoms with E-state index in [9.17, 15) is 4.79 Å². The molecule has 0 bridgehead atoms. The molecule has 134 valence electrons. The predicted octanol–water partition coefficient (Wildman–Crippen LogP) is 3.03. The van der Waals surface area contributed by atoms with E-state index in [1.54, 1.807) is 17.5 Å². The van der Waals surface area contributed by atoms with E-state index in [4.69, 9.17) is 0 Å². The Balaban J connectivity index is 1.35. The molecule has 0 saturated carbocycles. The zero-order chi connectivity index (χ0) is 17.9. The summed E-state index contributed by atoms with van der Waals surface area (Å²) in [6.07, 6.45) is 7.32. The van der Waals surface area contributed by atoms with Crippen LogP contribution in [0.5, 0.6) is 0 Å². The lowest BCUT2D eigenvalue weighted by Gasteiger charge is -2.17. The predicted molar refractivity (Wildman–Crippen MR) is 101 cm³/mol. The number of pyridine rings is 1. The third-order valence-corrected chi connectivity index (χ3v) is 5.67. The van der Waals surface area contributed by atoms with E-state index in [1.165, 1.54) is 0 Å². The Bertz CT molecular complexity index is 902. The van der Waals surface area contributed by atoms with Crippen LogP contribution in [0.25, 0.3) is 10.6 Å². The minimum Gasteiger partial charge on any atom is -0.350 e. The molecule has 0 unspecified atom stereocenters. The second kappa shape index (κ2) is 7.37. The number of fused-ring (bicyclic) bond motifs is 1. The Labute approximate surface area is 156 Å². The maximum absolute atomic E-state index is 12.5. The average Bonchev–Trinajstić information content (AvgIpc) is 3.29. The van der Waals surface area contributed by atoms with Gasteiger partial charge in [-0.3, -0.25) is 14.9 Å². The third kappa shape index (κ3) is 3.53. The maximum atomic E-state index is 12.5. The van der Waals surface area contributed by atoms with Gasteiger partial charge in [0.15, 0.2) is 5.69 Å². The van der Waals surface area contributed by atoms with Crippen molar-refractivity contribution in [3.05, 3.63) is 52.6 Å². The van der Waals surface area contributed by atoms with Crippen molar-refractivity contribution in [2.45, 2.75) is 32.6 Å².